The van der Waals surface area contributed by atoms with Crippen molar-refractivity contribution >= 4 is 10.4 Å². The van der Waals surface area contributed by atoms with Crippen LogP contribution in [0.15, 0.2) is 24.8 Å². The van der Waals surface area contributed by atoms with Crippen LogP contribution in [-0.2, 0) is 37.3 Å². The van der Waals surface area contributed by atoms with Crippen LogP contribution in [0.3, 0.4) is 0 Å². The van der Waals surface area contributed by atoms with Gasteiger partial charge in [-0.05, 0) is 0 Å². The number of hydrogen-bond acceptors (Lipinski definition) is 6. The summed E-state index contributed by atoms with van der Waals surface area (Å²) < 4.78 is 38.0. The molecule has 0 unspecified atom stereocenters. The van der Waals surface area contributed by atoms with E-state index in [2.05, 4.69) is 9.97 Å². The molecule has 10 nitrogen and oxygen atoms in total. The number of imidazole rings is 2. The molecule has 11 heteroatoms. The molecule has 0 atom stereocenters. The fraction of sp³-hybridized carbons (Fsp3) is 0.500. The molecule has 23 heavy (non-hydrogen) atoms. The Morgan fingerprint density at radius 3 is 1.43 bits per heavy atom. The SMILES string of the molecule is C[n+]1cc[nH]c1CCO.C[n+]1cc[nH]c1CCO.O=S(=O)([O-])[O-]. The maximum Gasteiger partial charge on any atom is 0.256 e. The predicted molar refractivity (Wildman–Crippen MR) is 76.0 cm³/mol. The summed E-state index contributed by atoms with van der Waals surface area (Å²) >= 11 is 0. The molecule has 0 spiro atoms. The summed E-state index contributed by atoms with van der Waals surface area (Å²) in [5.74, 6) is 2.11. The lowest BCUT2D eigenvalue weighted by Gasteiger charge is -2.06. The highest BCUT2D eigenvalue weighted by molar-refractivity contribution is 7.79. The minimum atomic E-state index is -5.17. The van der Waals surface area contributed by atoms with Gasteiger partial charge in [-0.15, -0.1) is 0 Å². The van der Waals surface area contributed by atoms with Gasteiger partial charge in [0, 0.05) is 10.4 Å². The average Bonchev–Trinajstić information content (AvgIpc) is 3.00. The van der Waals surface area contributed by atoms with Crippen molar-refractivity contribution < 1.29 is 36.9 Å². The first-order valence-corrected chi connectivity index (χ1v) is 7.94. The molecule has 0 aromatic carbocycles. The summed E-state index contributed by atoms with van der Waals surface area (Å²) in [5, 5.41) is 17.1. The Morgan fingerprint density at radius 2 is 1.26 bits per heavy atom. The van der Waals surface area contributed by atoms with Gasteiger partial charge in [0.2, 0.25) is 0 Å². The van der Waals surface area contributed by atoms with E-state index in [9.17, 15) is 0 Å². The monoisotopic (exact) mass is 350 g/mol. The molecule has 2 rings (SSSR count). The molecule has 0 bridgehead atoms. The van der Waals surface area contributed by atoms with Gasteiger partial charge in [-0.1, -0.05) is 0 Å². The minimum Gasteiger partial charge on any atom is -0.759 e. The van der Waals surface area contributed by atoms with Crippen molar-refractivity contribution in [2.75, 3.05) is 13.2 Å². The number of nitrogens with zero attached hydrogens (tertiary/aromatic N) is 2. The molecule has 0 aliphatic heterocycles. The number of aryl methyl sites for hydroxylation is 2. The average molecular weight is 350 g/mol. The van der Waals surface area contributed by atoms with E-state index in [-0.39, 0.29) is 13.2 Å². The largest absolute Gasteiger partial charge is 0.759 e. The maximum absolute atomic E-state index is 8.53. The Bertz CT molecular complexity index is 602. The summed E-state index contributed by atoms with van der Waals surface area (Å²) in [5.41, 5.74) is 0. The predicted octanol–water partition coefficient (Wildman–Crippen LogP) is -2.59. The van der Waals surface area contributed by atoms with E-state index < -0.39 is 10.4 Å². The summed E-state index contributed by atoms with van der Waals surface area (Å²) in [7, 11) is -1.27. The second kappa shape index (κ2) is 10.9. The summed E-state index contributed by atoms with van der Waals surface area (Å²) in [6.45, 7) is 0.405. The van der Waals surface area contributed by atoms with E-state index in [4.69, 9.17) is 27.7 Å². The fourth-order valence-electron chi connectivity index (χ4n) is 1.58. The second-order valence-corrected chi connectivity index (χ2v) is 5.21. The van der Waals surface area contributed by atoms with Crippen LogP contribution < -0.4 is 9.13 Å². The molecule has 2 aromatic rings. The molecular weight excluding hydrogens is 328 g/mol. The molecule has 4 N–H and O–H groups in total. The third-order valence-corrected chi connectivity index (χ3v) is 2.64. The zero-order valence-corrected chi connectivity index (χ0v) is 13.8. The van der Waals surface area contributed by atoms with Crippen molar-refractivity contribution in [3.8, 4) is 0 Å². The number of aromatic nitrogens is 4. The van der Waals surface area contributed by atoms with Crippen molar-refractivity contribution in [2.24, 2.45) is 14.1 Å². The lowest BCUT2D eigenvalue weighted by atomic mass is 10.4. The zero-order valence-electron chi connectivity index (χ0n) is 13.0. The van der Waals surface area contributed by atoms with Crippen LogP contribution in [0.5, 0.6) is 0 Å². The van der Waals surface area contributed by atoms with E-state index in [1.807, 2.05) is 48.0 Å². The molecule has 0 saturated heterocycles. The van der Waals surface area contributed by atoms with Crippen molar-refractivity contribution in [1.29, 1.82) is 0 Å². The third-order valence-electron chi connectivity index (χ3n) is 2.64. The van der Waals surface area contributed by atoms with E-state index >= 15 is 0 Å². The van der Waals surface area contributed by atoms with E-state index in [1.54, 1.807) is 0 Å². The Kier molecular flexibility index (Phi) is 10.0. The highest BCUT2D eigenvalue weighted by atomic mass is 32.3. The molecule has 2 aromatic heterocycles. The Balaban J connectivity index is 0.000000332. The van der Waals surface area contributed by atoms with Gasteiger partial charge in [-0.2, -0.15) is 0 Å². The highest BCUT2D eigenvalue weighted by Gasteiger charge is 2.03. The Labute approximate surface area is 134 Å². The number of hydrogen-bond donors (Lipinski definition) is 4. The van der Waals surface area contributed by atoms with Gasteiger partial charge < -0.3 is 19.3 Å². The fourth-order valence-corrected chi connectivity index (χ4v) is 1.58. The number of aliphatic hydroxyl groups is 2. The van der Waals surface area contributed by atoms with Gasteiger partial charge >= 0.3 is 0 Å². The lowest BCUT2D eigenvalue weighted by molar-refractivity contribution is -0.678. The summed E-state index contributed by atoms with van der Waals surface area (Å²) in [6.07, 6.45) is 8.94. The molecule has 0 fully saturated rings. The van der Waals surface area contributed by atoms with Crippen molar-refractivity contribution in [3.63, 3.8) is 0 Å². The van der Waals surface area contributed by atoms with Crippen molar-refractivity contribution in [3.05, 3.63) is 36.4 Å². The van der Waals surface area contributed by atoms with Crippen LogP contribution in [0.1, 0.15) is 11.6 Å². The first kappa shape index (κ1) is 21.2. The molecule has 0 saturated carbocycles. The van der Waals surface area contributed by atoms with E-state index in [0.29, 0.717) is 12.8 Å². The van der Waals surface area contributed by atoms with Gasteiger partial charge in [0.25, 0.3) is 11.6 Å². The van der Waals surface area contributed by atoms with Crippen molar-refractivity contribution in [2.45, 2.75) is 12.8 Å². The van der Waals surface area contributed by atoms with Crippen LogP contribution in [-0.4, -0.2) is 50.9 Å². The van der Waals surface area contributed by atoms with Crippen LogP contribution in [0.4, 0.5) is 0 Å². The lowest BCUT2D eigenvalue weighted by Crippen LogP contribution is -2.30. The molecule has 0 aliphatic rings. The smallest absolute Gasteiger partial charge is 0.256 e. The minimum absolute atomic E-state index is 0.203. The molecular formula is C12H22N4O6S. The molecule has 2 heterocycles. The van der Waals surface area contributed by atoms with Gasteiger partial charge in [0.1, 0.15) is 24.8 Å². The number of H-pyrrole nitrogens is 2. The molecule has 0 aliphatic carbocycles. The van der Waals surface area contributed by atoms with Crippen LogP contribution in [0.2, 0.25) is 0 Å². The van der Waals surface area contributed by atoms with E-state index in [1.165, 1.54) is 0 Å². The van der Waals surface area contributed by atoms with Crippen LogP contribution >= 0.6 is 0 Å². The first-order valence-electron chi connectivity index (χ1n) is 6.61. The molecule has 132 valence electrons. The third kappa shape index (κ3) is 11.4. The molecule has 0 amide bonds. The Hall–Kier alpha value is -1.79. The molecule has 0 radical (unpaired) electrons. The number of rotatable bonds is 4. The van der Waals surface area contributed by atoms with Gasteiger partial charge in [-0.3, -0.25) is 8.42 Å². The zero-order chi connectivity index (χ0) is 17.9. The topological polar surface area (TPSA) is 160 Å². The van der Waals surface area contributed by atoms with Gasteiger partial charge in [-0.25, -0.2) is 19.1 Å². The Morgan fingerprint density at radius 1 is 0.957 bits per heavy atom. The highest BCUT2D eigenvalue weighted by Crippen LogP contribution is 1.84. The van der Waals surface area contributed by atoms with Crippen molar-refractivity contribution in [1.82, 2.24) is 9.97 Å². The quantitative estimate of drug-likeness (QED) is 0.269. The first-order chi connectivity index (χ1) is 10.7. The maximum atomic E-state index is 8.53. The van der Waals surface area contributed by atoms with Crippen LogP contribution in [0.25, 0.3) is 0 Å². The summed E-state index contributed by atoms with van der Waals surface area (Å²) in [4.78, 5) is 6.02. The summed E-state index contributed by atoms with van der Waals surface area (Å²) in [6, 6.07) is 0. The van der Waals surface area contributed by atoms with Crippen LogP contribution in [0, 0.1) is 0 Å². The van der Waals surface area contributed by atoms with Gasteiger partial charge in [0.05, 0.1) is 40.2 Å². The number of nitrogens with one attached hydrogen (secondary N) is 2. The van der Waals surface area contributed by atoms with Gasteiger partial charge in [0.15, 0.2) is 0 Å². The number of aromatic amines is 2. The number of aliphatic hydroxyl groups excluding tert-OH is 2. The second-order valence-electron chi connectivity index (χ2n) is 4.39. The normalized spacial score (nSPS) is 10.3. The van der Waals surface area contributed by atoms with E-state index in [0.717, 1.165) is 11.6 Å². The standard InChI is InChI=1S/2C6H10N2O.H2O4S/c2*1-8-4-3-7-6(8)2-5-9;1-5(2,3)4/h2*3-4,9H,2,5H2,1H3;(H2,1,2,3,4).